The molecule has 0 unspecified atom stereocenters. The van der Waals surface area contributed by atoms with Crippen LogP contribution in [0.25, 0.3) is 11.1 Å². The third-order valence-electron chi connectivity index (χ3n) is 3.74. The quantitative estimate of drug-likeness (QED) is 0.881. The first-order valence-electron chi connectivity index (χ1n) is 6.23. The number of nitrogens with zero attached hydrogens (tertiary/aromatic N) is 1. The highest BCUT2D eigenvalue weighted by Crippen LogP contribution is 2.32. The summed E-state index contributed by atoms with van der Waals surface area (Å²) in [6.45, 7) is 6.90. The van der Waals surface area contributed by atoms with E-state index in [0.29, 0.717) is 6.54 Å². The summed E-state index contributed by atoms with van der Waals surface area (Å²) in [6, 6.07) is 6.08. The van der Waals surface area contributed by atoms with Crippen molar-refractivity contribution in [2.45, 2.75) is 39.0 Å². The highest BCUT2D eigenvalue weighted by molar-refractivity contribution is 5.73. The lowest BCUT2D eigenvalue weighted by molar-refractivity contribution is 0.316. The van der Waals surface area contributed by atoms with Crippen LogP contribution in [0.3, 0.4) is 0 Å². The third-order valence-corrected chi connectivity index (χ3v) is 3.74. The predicted molar refractivity (Wildman–Crippen MR) is 70.1 cm³/mol. The zero-order valence-corrected chi connectivity index (χ0v) is 10.8. The summed E-state index contributed by atoms with van der Waals surface area (Å²) < 4.78 is 5.90. The van der Waals surface area contributed by atoms with Crippen molar-refractivity contribution < 1.29 is 4.42 Å². The fraction of sp³-hybridized carbons (Fsp3) is 0.500. The van der Waals surface area contributed by atoms with E-state index >= 15 is 0 Å². The minimum absolute atomic E-state index is 0.118. The Morgan fingerprint density at radius 2 is 2.00 bits per heavy atom. The molecule has 3 nitrogen and oxygen atoms in total. The molecule has 0 aliphatic rings. The number of rotatable bonds is 4. The first-order valence-corrected chi connectivity index (χ1v) is 6.23. The molecular weight excluding hydrogens is 212 g/mol. The van der Waals surface area contributed by atoms with Crippen molar-refractivity contribution in [3.8, 4) is 0 Å². The fourth-order valence-electron chi connectivity index (χ4n) is 2.19. The smallest absolute Gasteiger partial charge is 0.202 e. The molecule has 17 heavy (non-hydrogen) atoms. The average molecular weight is 232 g/mol. The van der Waals surface area contributed by atoms with Gasteiger partial charge in [-0.05, 0) is 37.5 Å². The maximum Gasteiger partial charge on any atom is 0.202 e. The summed E-state index contributed by atoms with van der Waals surface area (Å²) in [6.07, 6.45) is 1.90. The van der Waals surface area contributed by atoms with Crippen LogP contribution in [0.2, 0.25) is 0 Å². The van der Waals surface area contributed by atoms with Crippen LogP contribution in [-0.2, 0) is 5.41 Å². The summed E-state index contributed by atoms with van der Waals surface area (Å²) >= 11 is 0. The van der Waals surface area contributed by atoms with Crippen LogP contribution in [-0.4, -0.2) is 11.5 Å². The summed E-state index contributed by atoms with van der Waals surface area (Å²) in [5.74, 6) is 0.783. The van der Waals surface area contributed by atoms with Crippen LogP contribution in [0.1, 0.15) is 38.1 Å². The molecule has 1 aromatic heterocycles. The number of oxazole rings is 1. The Hall–Kier alpha value is -1.35. The second-order valence-electron chi connectivity index (χ2n) is 4.68. The van der Waals surface area contributed by atoms with Crippen molar-refractivity contribution in [2.75, 3.05) is 6.54 Å². The highest BCUT2D eigenvalue weighted by Gasteiger charge is 2.32. The molecule has 0 saturated heterocycles. The largest absolute Gasteiger partial charge is 0.440 e. The number of aromatic nitrogens is 1. The van der Waals surface area contributed by atoms with Gasteiger partial charge in [-0.3, -0.25) is 0 Å². The number of hydrogen-bond donors (Lipinski definition) is 1. The minimum Gasteiger partial charge on any atom is -0.440 e. The van der Waals surface area contributed by atoms with Crippen LogP contribution < -0.4 is 5.73 Å². The van der Waals surface area contributed by atoms with E-state index in [1.807, 2.05) is 12.1 Å². The molecule has 1 aromatic carbocycles. The SMILES string of the molecule is CCC(CC)(CN)c1nc2ccc(C)cc2o1. The normalized spacial score (nSPS) is 12.2. The number of benzene rings is 1. The second kappa shape index (κ2) is 4.49. The second-order valence-corrected chi connectivity index (χ2v) is 4.68. The maximum atomic E-state index is 5.91. The summed E-state index contributed by atoms with van der Waals surface area (Å²) in [7, 11) is 0. The molecule has 0 aliphatic carbocycles. The van der Waals surface area contributed by atoms with E-state index < -0.39 is 0 Å². The Morgan fingerprint density at radius 1 is 1.29 bits per heavy atom. The van der Waals surface area contributed by atoms with Gasteiger partial charge in [0, 0.05) is 6.54 Å². The standard InChI is InChI=1S/C14H20N2O/c1-4-14(5-2,9-15)13-16-11-7-6-10(3)8-12(11)17-13/h6-8H,4-5,9,15H2,1-3H3. The Labute approximate surface area is 102 Å². The molecule has 0 bridgehead atoms. The first kappa shape index (κ1) is 12.1. The lowest BCUT2D eigenvalue weighted by atomic mass is 9.82. The van der Waals surface area contributed by atoms with E-state index in [0.717, 1.165) is 29.8 Å². The molecule has 0 spiro atoms. The molecular formula is C14H20N2O. The number of hydrogen-bond acceptors (Lipinski definition) is 3. The van der Waals surface area contributed by atoms with E-state index in [4.69, 9.17) is 10.2 Å². The number of fused-ring (bicyclic) bond motifs is 1. The van der Waals surface area contributed by atoms with Crippen molar-refractivity contribution in [2.24, 2.45) is 5.73 Å². The Morgan fingerprint density at radius 3 is 2.59 bits per heavy atom. The molecule has 0 atom stereocenters. The Bertz CT molecular complexity index is 504. The van der Waals surface area contributed by atoms with Crippen molar-refractivity contribution in [1.29, 1.82) is 0 Å². The van der Waals surface area contributed by atoms with Gasteiger partial charge >= 0.3 is 0 Å². The van der Waals surface area contributed by atoms with Gasteiger partial charge in [0.2, 0.25) is 5.89 Å². The molecule has 2 rings (SSSR count). The van der Waals surface area contributed by atoms with E-state index in [-0.39, 0.29) is 5.41 Å². The molecule has 2 aromatic rings. The minimum atomic E-state index is -0.118. The number of aryl methyl sites for hydroxylation is 1. The van der Waals surface area contributed by atoms with E-state index in [1.54, 1.807) is 0 Å². The molecule has 92 valence electrons. The maximum absolute atomic E-state index is 5.91. The van der Waals surface area contributed by atoms with Gasteiger partial charge in [0.15, 0.2) is 5.58 Å². The van der Waals surface area contributed by atoms with Gasteiger partial charge < -0.3 is 10.2 Å². The van der Waals surface area contributed by atoms with Crippen molar-refractivity contribution in [3.63, 3.8) is 0 Å². The molecule has 0 radical (unpaired) electrons. The molecule has 3 heteroatoms. The fourth-order valence-corrected chi connectivity index (χ4v) is 2.19. The molecule has 2 N–H and O–H groups in total. The summed E-state index contributed by atoms with van der Waals surface area (Å²) in [5.41, 5.74) is 8.76. The zero-order chi connectivity index (χ0) is 12.5. The Kier molecular flexibility index (Phi) is 3.20. The van der Waals surface area contributed by atoms with Crippen molar-refractivity contribution >= 4 is 11.1 Å². The molecule has 0 amide bonds. The van der Waals surface area contributed by atoms with Gasteiger partial charge in [0.25, 0.3) is 0 Å². The predicted octanol–water partition coefficient (Wildman–Crippen LogP) is 3.15. The van der Waals surface area contributed by atoms with Crippen molar-refractivity contribution in [1.82, 2.24) is 4.98 Å². The molecule has 0 aliphatic heterocycles. The van der Waals surface area contributed by atoms with Gasteiger partial charge in [-0.15, -0.1) is 0 Å². The summed E-state index contributed by atoms with van der Waals surface area (Å²) in [5, 5.41) is 0. The van der Waals surface area contributed by atoms with Gasteiger partial charge in [0.1, 0.15) is 5.52 Å². The van der Waals surface area contributed by atoms with Crippen molar-refractivity contribution in [3.05, 3.63) is 29.7 Å². The van der Waals surface area contributed by atoms with E-state index in [2.05, 4.69) is 31.8 Å². The van der Waals surface area contributed by atoms with Crippen LogP contribution in [0.5, 0.6) is 0 Å². The van der Waals surface area contributed by atoms with Gasteiger partial charge in [0.05, 0.1) is 5.41 Å². The Balaban J connectivity index is 2.55. The molecule has 0 saturated carbocycles. The van der Waals surface area contributed by atoms with Crippen LogP contribution in [0.4, 0.5) is 0 Å². The van der Waals surface area contributed by atoms with E-state index in [9.17, 15) is 0 Å². The molecule has 1 heterocycles. The van der Waals surface area contributed by atoms with Crippen LogP contribution in [0, 0.1) is 6.92 Å². The lowest BCUT2D eigenvalue weighted by Gasteiger charge is -2.25. The first-order chi connectivity index (χ1) is 8.15. The monoisotopic (exact) mass is 232 g/mol. The number of nitrogens with two attached hydrogens (primary N) is 1. The topological polar surface area (TPSA) is 52.0 Å². The van der Waals surface area contributed by atoms with Crippen LogP contribution in [0.15, 0.2) is 22.6 Å². The van der Waals surface area contributed by atoms with Crippen LogP contribution >= 0.6 is 0 Å². The van der Waals surface area contributed by atoms with Gasteiger partial charge in [-0.25, -0.2) is 4.98 Å². The zero-order valence-electron chi connectivity index (χ0n) is 10.8. The average Bonchev–Trinajstić information content (AvgIpc) is 2.75. The lowest BCUT2D eigenvalue weighted by Crippen LogP contribution is -2.34. The van der Waals surface area contributed by atoms with E-state index in [1.165, 1.54) is 5.56 Å². The van der Waals surface area contributed by atoms with Gasteiger partial charge in [-0.2, -0.15) is 0 Å². The summed E-state index contributed by atoms with van der Waals surface area (Å²) in [4.78, 5) is 4.59. The third kappa shape index (κ3) is 1.95. The highest BCUT2D eigenvalue weighted by atomic mass is 16.3. The molecule has 0 fully saturated rings. The van der Waals surface area contributed by atoms with Gasteiger partial charge in [-0.1, -0.05) is 19.9 Å².